The van der Waals surface area contributed by atoms with Gasteiger partial charge in [-0.05, 0) is 38.2 Å². The summed E-state index contributed by atoms with van der Waals surface area (Å²) >= 11 is 0. The normalized spacial score (nSPS) is 35.7. The van der Waals surface area contributed by atoms with E-state index in [-0.39, 0.29) is 6.04 Å². The zero-order valence-corrected chi connectivity index (χ0v) is 13.9. The highest BCUT2D eigenvalue weighted by Gasteiger charge is 2.51. The standard InChI is InChI=1S/C19H27N3O/c1-3-4-8-14(2)17-11-16(15-9-6-5-7-10-15)12-19(20)13-21-18(23)22(17)19/h3-10,16-18,21,23H,11-13,20H2,1-2H3/b4-3-,14-8+/t16?,17?,18?,19-/m0/s1. The van der Waals surface area contributed by atoms with Crippen LogP contribution in [-0.4, -0.2) is 34.6 Å². The molecule has 3 rings (SSSR count). The number of nitrogens with zero attached hydrogens (tertiary/aromatic N) is 1. The fourth-order valence-corrected chi connectivity index (χ4v) is 4.00. The van der Waals surface area contributed by atoms with Gasteiger partial charge in [0.05, 0.1) is 5.66 Å². The second-order valence-corrected chi connectivity index (χ2v) is 6.77. The third-order valence-corrected chi connectivity index (χ3v) is 5.16. The van der Waals surface area contributed by atoms with Gasteiger partial charge >= 0.3 is 0 Å². The van der Waals surface area contributed by atoms with E-state index in [0.717, 1.165) is 12.8 Å². The predicted octanol–water partition coefficient (Wildman–Crippen LogP) is 2.29. The number of benzene rings is 1. The molecule has 2 fully saturated rings. The molecule has 4 atom stereocenters. The molecule has 4 nitrogen and oxygen atoms in total. The molecule has 2 heterocycles. The molecule has 0 bridgehead atoms. The molecule has 1 aromatic rings. The molecular weight excluding hydrogens is 286 g/mol. The first-order valence-electron chi connectivity index (χ1n) is 8.38. The van der Waals surface area contributed by atoms with Crippen LogP contribution in [0.4, 0.5) is 0 Å². The number of hydrogen-bond donors (Lipinski definition) is 3. The maximum absolute atomic E-state index is 10.4. The van der Waals surface area contributed by atoms with Gasteiger partial charge < -0.3 is 10.8 Å². The fourth-order valence-electron chi connectivity index (χ4n) is 4.00. The Kier molecular flexibility index (Phi) is 4.69. The molecule has 0 amide bonds. The molecule has 2 aliphatic rings. The van der Waals surface area contributed by atoms with Gasteiger partial charge in [-0.1, -0.05) is 54.1 Å². The Labute approximate surface area is 138 Å². The maximum atomic E-state index is 10.4. The van der Waals surface area contributed by atoms with Gasteiger partial charge in [0.15, 0.2) is 6.35 Å². The molecule has 2 aliphatic heterocycles. The summed E-state index contributed by atoms with van der Waals surface area (Å²) in [6, 6.07) is 10.7. The van der Waals surface area contributed by atoms with Crippen molar-refractivity contribution in [1.82, 2.24) is 10.2 Å². The van der Waals surface area contributed by atoms with Gasteiger partial charge in [-0.3, -0.25) is 5.32 Å². The number of piperidine rings is 1. The molecule has 4 heteroatoms. The Bertz CT molecular complexity index is 598. The minimum absolute atomic E-state index is 0.139. The van der Waals surface area contributed by atoms with Gasteiger partial charge in [0, 0.05) is 12.6 Å². The lowest BCUT2D eigenvalue weighted by Crippen LogP contribution is -2.63. The molecule has 0 radical (unpaired) electrons. The minimum atomic E-state index is -0.671. The number of hydrogen-bond acceptors (Lipinski definition) is 4. The first-order chi connectivity index (χ1) is 11.0. The van der Waals surface area contributed by atoms with E-state index in [1.165, 1.54) is 11.1 Å². The summed E-state index contributed by atoms with van der Waals surface area (Å²) in [7, 11) is 0. The third kappa shape index (κ3) is 3.12. The topological polar surface area (TPSA) is 61.5 Å². The predicted molar refractivity (Wildman–Crippen MR) is 93.5 cm³/mol. The fraction of sp³-hybridized carbons (Fsp3) is 0.474. The van der Waals surface area contributed by atoms with Crippen LogP contribution in [0.2, 0.25) is 0 Å². The van der Waals surface area contributed by atoms with Crippen LogP contribution in [0, 0.1) is 0 Å². The van der Waals surface area contributed by atoms with Crippen LogP contribution in [0.5, 0.6) is 0 Å². The van der Waals surface area contributed by atoms with Crippen LogP contribution in [-0.2, 0) is 0 Å². The molecule has 3 unspecified atom stereocenters. The second-order valence-electron chi connectivity index (χ2n) is 6.77. The van der Waals surface area contributed by atoms with Crippen molar-refractivity contribution in [1.29, 1.82) is 0 Å². The van der Waals surface area contributed by atoms with Gasteiger partial charge in [0.1, 0.15) is 0 Å². The molecule has 1 aromatic carbocycles. The van der Waals surface area contributed by atoms with Crippen LogP contribution in [0.25, 0.3) is 0 Å². The molecular formula is C19H27N3O. The molecule has 2 saturated heterocycles. The van der Waals surface area contributed by atoms with E-state index in [2.05, 4.69) is 53.6 Å². The average Bonchev–Trinajstić information content (AvgIpc) is 2.87. The zero-order valence-electron chi connectivity index (χ0n) is 13.9. The summed E-state index contributed by atoms with van der Waals surface area (Å²) in [5, 5.41) is 13.5. The van der Waals surface area contributed by atoms with Crippen LogP contribution in [0.1, 0.15) is 38.2 Å². The summed E-state index contributed by atoms with van der Waals surface area (Å²) < 4.78 is 0. The second kappa shape index (κ2) is 6.57. The zero-order chi connectivity index (χ0) is 16.4. The van der Waals surface area contributed by atoms with Crippen molar-refractivity contribution in [3.8, 4) is 0 Å². The summed E-state index contributed by atoms with van der Waals surface area (Å²) in [5.41, 5.74) is 8.76. The van der Waals surface area contributed by atoms with E-state index in [0.29, 0.717) is 12.5 Å². The molecule has 0 aliphatic carbocycles. The molecule has 0 spiro atoms. The van der Waals surface area contributed by atoms with Crippen molar-refractivity contribution < 1.29 is 5.11 Å². The van der Waals surface area contributed by atoms with Gasteiger partial charge in [-0.25, -0.2) is 4.90 Å². The number of allylic oxidation sites excluding steroid dienone is 3. The Morgan fingerprint density at radius 2 is 2.13 bits per heavy atom. The third-order valence-electron chi connectivity index (χ3n) is 5.16. The lowest BCUT2D eigenvalue weighted by Gasteiger charge is -2.48. The number of nitrogens with one attached hydrogen (secondary N) is 1. The maximum Gasteiger partial charge on any atom is 0.165 e. The van der Waals surface area contributed by atoms with Crippen LogP contribution in [0.15, 0.2) is 54.1 Å². The number of aliphatic hydroxyl groups is 1. The Hall–Kier alpha value is -1.46. The van der Waals surface area contributed by atoms with Crippen LogP contribution >= 0.6 is 0 Å². The monoisotopic (exact) mass is 313 g/mol. The molecule has 4 N–H and O–H groups in total. The van der Waals surface area contributed by atoms with Gasteiger partial charge in [-0.15, -0.1) is 0 Å². The van der Waals surface area contributed by atoms with Gasteiger partial charge in [0.2, 0.25) is 0 Å². The van der Waals surface area contributed by atoms with E-state index in [9.17, 15) is 5.11 Å². The number of fused-ring (bicyclic) bond motifs is 1. The largest absolute Gasteiger partial charge is 0.365 e. The van der Waals surface area contributed by atoms with Gasteiger partial charge in [-0.2, -0.15) is 0 Å². The van der Waals surface area contributed by atoms with Crippen LogP contribution in [0.3, 0.4) is 0 Å². The van der Waals surface area contributed by atoms with E-state index in [1.54, 1.807) is 0 Å². The highest BCUT2D eigenvalue weighted by atomic mass is 16.3. The Morgan fingerprint density at radius 1 is 1.39 bits per heavy atom. The molecule has 0 saturated carbocycles. The van der Waals surface area contributed by atoms with E-state index in [4.69, 9.17) is 5.73 Å². The van der Waals surface area contributed by atoms with Crippen molar-refractivity contribution in [3.05, 3.63) is 59.7 Å². The van der Waals surface area contributed by atoms with Crippen LogP contribution < -0.4 is 11.1 Å². The van der Waals surface area contributed by atoms with E-state index in [1.807, 2.05) is 19.1 Å². The summed E-state index contributed by atoms with van der Waals surface area (Å²) in [6.07, 6.45) is 7.36. The van der Waals surface area contributed by atoms with E-state index >= 15 is 0 Å². The summed E-state index contributed by atoms with van der Waals surface area (Å²) in [4.78, 5) is 2.06. The number of nitrogens with two attached hydrogens (primary N) is 1. The van der Waals surface area contributed by atoms with Crippen molar-refractivity contribution in [3.63, 3.8) is 0 Å². The quantitative estimate of drug-likeness (QED) is 0.749. The lowest BCUT2D eigenvalue weighted by atomic mass is 9.77. The smallest absolute Gasteiger partial charge is 0.165 e. The molecule has 124 valence electrons. The number of rotatable bonds is 3. The van der Waals surface area contributed by atoms with E-state index < -0.39 is 12.0 Å². The van der Waals surface area contributed by atoms with Crippen molar-refractivity contribution in [2.45, 2.75) is 50.7 Å². The summed E-state index contributed by atoms with van der Waals surface area (Å²) in [6.45, 7) is 4.76. The summed E-state index contributed by atoms with van der Waals surface area (Å²) in [5.74, 6) is 0.406. The van der Waals surface area contributed by atoms with Crippen molar-refractivity contribution >= 4 is 0 Å². The Balaban J connectivity index is 1.95. The Morgan fingerprint density at radius 3 is 2.83 bits per heavy atom. The number of aliphatic hydroxyl groups excluding tert-OH is 1. The first kappa shape index (κ1) is 16.4. The molecule has 0 aromatic heterocycles. The van der Waals surface area contributed by atoms with Crippen molar-refractivity contribution in [2.24, 2.45) is 5.73 Å². The van der Waals surface area contributed by atoms with Crippen molar-refractivity contribution in [2.75, 3.05) is 6.54 Å². The SMILES string of the molecule is C/C=C\C=C(/C)C1CC(c2ccccc2)C[C@@]2(N)CNC(O)N12. The first-order valence-corrected chi connectivity index (χ1v) is 8.38. The average molecular weight is 313 g/mol. The minimum Gasteiger partial charge on any atom is -0.365 e. The lowest BCUT2D eigenvalue weighted by molar-refractivity contribution is -0.0716. The van der Waals surface area contributed by atoms with Gasteiger partial charge in [0.25, 0.3) is 0 Å². The highest BCUT2D eigenvalue weighted by molar-refractivity contribution is 5.27. The highest BCUT2D eigenvalue weighted by Crippen LogP contribution is 2.43. The molecule has 23 heavy (non-hydrogen) atoms.